The van der Waals surface area contributed by atoms with Crippen LogP contribution in [0.15, 0.2) is 0 Å². The first kappa shape index (κ1) is 29.0. The van der Waals surface area contributed by atoms with Crippen molar-refractivity contribution in [2.45, 2.75) is 90.6 Å². The van der Waals surface area contributed by atoms with Gasteiger partial charge in [0.2, 0.25) is 0 Å². The van der Waals surface area contributed by atoms with Crippen molar-refractivity contribution in [2.24, 2.45) is 5.73 Å². The van der Waals surface area contributed by atoms with E-state index in [1.165, 1.54) is 6.42 Å². The summed E-state index contributed by atoms with van der Waals surface area (Å²) in [7, 11) is -4.32. The van der Waals surface area contributed by atoms with E-state index in [0.29, 0.717) is 12.8 Å². The Bertz CT molecular complexity index is 503. The Morgan fingerprint density at radius 2 is 1.43 bits per heavy atom. The SMILES string of the molecule is CCCCCCCCC(=O)O[C@H](COC(=O)CCCCC)COP(=O)(O)OCCN. The lowest BCUT2D eigenvalue weighted by atomic mass is 10.1. The van der Waals surface area contributed by atoms with Crippen molar-refractivity contribution >= 4 is 19.8 Å². The Labute approximate surface area is 180 Å². The number of hydrogen-bond acceptors (Lipinski definition) is 8. The van der Waals surface area contributed by atoms with Crippen LogP contribution in [0.25, 0.3) is 0 Å². The molecular weight excluding hydrogens is 413 g/mol. The van der Waals surface area contributed by atoms with E-state index in [1.807, 2.05) is 6.92 Å². The minimum atomic E-state index is -4.32. The van der Waals surface area contributed by atoms with E-state index in [-0.39, 0.29) is 32.6 Å². The van der Waals surface area contributed by atoms with E-state index in [9.17, 15) is 19.0 Å². The maximum atomic E-state index is 12.1. The van der Waals surface area contributed by atoms with Crippen molar-refractivity contribution in [3.63, 3.8) is 0 Å². The summed E-state index contributed by atoms with van der Waals surface area (Å²) in [5, 5.41) is 0. The highest BCUT2D eigenvalue weighted by molar-refractivity contribution is 7.47. The van der Waals surface area contributed by atoms with Gasteiger partial charge >= 0.3 is 19.8 Å². The van der Waals surface area contributed by atoms with E-state index in [2.05, 4.69) is 11.4 Å². The summed E-state index contributed by atoms with van der Waals surface area (Å²) in [5.41, 5.74) is 5.23. The van der Waals surface area contributed by atoms with E-state index in [1.54, 1.807) is 0 Å². The van der Waals surface area contributed by atoms with Crippen molar-refractivity contribution in [2.75, 3.05) is 26.4 Å². The summed E-state index contributed by atoms with van der Waals surface area (Å²) in [5.74, 6) is -0.872. The van der Waals surface area contributed by atoms with Gasteiger partial charge in [-0.1, -0.05) is 58.8 Å². The van der Waals surface area contributed by atoms with Crippen LogP contribution in [0.5, 0.6) is 0 Å². The van der Waals surface area contributed by atoms with Gasteiger partial charge in [0.25, 0.3) is 0 Å². The molecule has 1 unspecified atom stereocenters. The van der Waals surface area contributed by atoms with E-state index in [4.69, 9.17) is 19.7 Å². The topological polar surface area (TPSA) is 134 Å². The molecule has 3 N–H and O–H groups in total. The average Bonchev–Trinajstić information content (AvgIpc) is 2.71. The van der Waals surface area contributed by atoms with Crippen LogP contribution in [-0.4, -0.2) is 49.3 Å². The van der Waals surface area contributed by atoms with Gasteiger partial charge in [-0.3, -0.25) is 18.6 Å². The Hall–Kier alpha value is -0.990. The highest BCUT2D eigenvalue weighted by Gasteiger charge is 2.25. The normalized spacial score (nSPS) is 14.1. The molecule has 0 spiro atoms. The summed E-state index contributed by atoms with van der Waals surface area (Å²) >= 11 is 0. The molecule has 178 valence electrons. The minimum absolute atomic E-state index is 0.0555. The van der Waals surface area contributed by atoms with Crippen LogP contribution in [0.1, 0.15) is 84.5 Å². The molecule has 0 radical (unpaired) electrons. The summed E-state index contributed by atoms with van der Waals surface area (Å²) in [6, 6.07) is 0. The van der Waals surface area contributed by atoms with Crippen LogP contribution >= 0.6 is 7.82 Å². The Balaban J connectivity index is 4.48. The molecule has 0 aliphatic heterocycles. The standard InChI is InChI=1S/C20H40NO8P/c1-3-5-7-8-9-11-13-20(23)29-18(16-26-19(22)12-10-6-4-2)17-28-30(24,25)27-15-14-21/h18H,3-17,21H2,1-2H3,(H,24,25)/t18-/m1/s1. The number of rotatable bonds is 20. The van der Waals surface area contributed by atoms with Crippen LogP contribution in [-0.2, 0) is 32.7 Å². The molecular formula is C20H40NO8P. The third-order valence-corrected chi connectivity index (χ3v) is 5.23. The molecule has 0 aromatic rings. The fraction of sp³-hybridized carbons (Fsp3) is 0.900. The largest absolute Gasteiger partial charge is 0.472 e. The van der Waals surface area contributed by atoms with Gasteiger partial charge in [-0.15, -0.1) is 0 Å². The molecule has 0 amide bonds. The highest BCUT2D eigenvalue weighted by Crippen LogP contribution is 2.43. The van der Waals surface area contributed by atoms with Crippen molar-refractivity contribution in [3.8, 4) is 0 Å². The van der Waals surface area contributed by atoms with Crippen LogP contribution in [0.4, 0.5) is 0 Å². The highest BCUT2D eigenvalue weighted by atomic mass is 31.2. The van der Waals surface area contributed by atoms with Crippen LogP contribution in [0.3, 0.4) is 0 Å². The van der Waals surface area contributed by atoms with Crippen LogP contribution in [0, 0.1) is 0 Å². The van der Waals surface area contributed by atoms with Crippen molar-refractivity contribution in [3.05, 3.63) is 0 Å². The summed E-state index contributed by atoms with van der Waals surface area (Å²) < 4.78 is 31.7. The van der Waals surface area contributed by atoms with Crippen LogP contribution < -0.4 is 5.73 Å². The Morgan fingerprint density at radius 3 is 2.10 bits per heavy atom. The number of phosphoric acid groups is 1. The molecule has 0 fully saturated rings. The summed E-state index contributed by atoms with van der Waals surface area (Å²) in [6.45, 7) is 3.40. The number of ether oxygens (including phenoxy) is 2. The molecule has 0 aliphatic rings. The number of carbonyl (C=O) groups is 2. The molecule has 0 saturated heterocycles. The molecule has 0 bridgehead atoms. The number of phosphoric ester groups is 1. The second-order valence-corrected chi connectivity index (χ2v) is 8.61. The second kappa shape index (κ2) is 18.8. The van der Waals surface area contributed by atoms with Gasteiger partial charge < -0.3 is 20.1 Å². The fourth-order valence-corrected chi connectivity index (χ4v) is 3.34. The first-order valence-electron chi connectivity index (χ1n) is 11.0. The zero-order chi connectivity index (χ0) is 22.7. The predicted octanol–water partition coefficient (Wildman–Crippen LogP) is 3.86. The molecule has 30 heavy (non-hydrogen) atoms. The molecule has 0 saturated carbocycles. The zero-order valence-corrected chi connectivity index (χ0v) is 19.4. The molecule has 2 atom stereocenters. The zero-order valence-electron chi connectivity index (χ0n) is 18.5. The molecule has 10 heteroatoms. The maximum Gasteiger partial charge on any atom is 0.472 e. The molecule has 0 heterocycles. The Morgan fingerprint density at radius 1 is 0.867 bits per heavy atom. The van der Waals surface area contributed by atoms with Crippen molar-refractivity contribution in [1.29, 1.82) is 0 Å². The van der Waals surface area contributed by atoms with Gasteiger partial charge in [0.15, 0.2) is 6.10 Å². The number of nitrogens with two attached hydrogens (primary N) is 1. The number of unbranched alkanes of at least 4 members (excludes halogenated alkanes) is 7. The van der Waals surface area contributed by atoms with Gasteiger partial charge in [-0.2, -0.15) is 0 Å². The lowest BCUT2D eigenvalue weighted by Gasteiger charge is -2.19. The summed E-state index contributed by atoms with van der Waals surface area (Å²) in [4.78, 5) is 33.5. The molecule has 0 rings (SSSR count). The monoisotopic (exact) mass is 453 g/mol. The molecule has 0 aromatic heterocycles. The van der Waals surface area contributed by atoms with Gasteiger partial charge in [-0.25, -0.2) is 4.57 Å². The van der Waals surface area contributed by atoms with Gasteiger partial charge in [0.1, 0.15) is 6.61 Å². The number of carbonyl (C=O) groups excluding carboxylic acids is 2. The average molecular weight is 454 g/mol. The second-order valence-electron chi connectivity index (χ2n) is 7.16. The predicted molar refractivity (Wildman–Crippen MR) is 114 cm³/mol. The van der Waals surface area contributed by atoms with Gasteiger partial charge in [0, 0.05) is 19.4 Å². The lowest BCUT2D eigenvalue weighted by Crippen LogP contribution is -2.29. The van der Waals surface area contributed by atoms with Crippen molar-refractivity contribution in [1.82, 2.24) is 0 Å². The minimum Gasteiger partial charge on any atom is -0.462 e. The van der Waals surface area contributed by atoms with Crippen molar-refractivity contribution < 1.29 is 37.6 Å². The van der Waals surface area contributed by atoms with Crippen LogP contribution in [0.2, 0.25) is 0 Å². The van der Waals surface area contributed by atoms with E-state index in [0.717, 1.165) is 38.5 Å². The third kappa shape index (κ3) is 17.8. The quantitative estimate of drug-likeness (QED) is 0.160. The first-order valence-corrected chi connectivity index (χ1v) is 12.5. The number of hydrogen-bond donors (Lipinski definition) is 2. The van der Waals surface area contributed by atoms with E-state index < -0.39 is 32.5 Å². The van der Waals surface area contributed by atoms with E-state index >= 15 is 0 Å². The fourth-order valence-electron chi connectivity index (χ4n) is 2.57. The summed E-state index contributed by atoms with van der Waals surface area (Å²) in [6.07, 6.45) is 8.30. The Kier molecular flexibility index (Phi) is 18.1. The third-order valence-electron chi connectivity index (χ3n) is 4.24. The molecule has 9 nitrogen and oxygen atoms in total. The molecule has 0 aliphatic carbocycles. The smallest absolute Gasteiger partial charge is 0.462 e. The van der Waals surface area contributed by atoms with Gasteiger partial charge in [-0.05, 0) is 12.8 Å². The lowest BCUT2D eigenvalue weighted by molar-refractivity contribution is -0.161. The van der Waals surface area contributed by atoms with Gasteiger partial charge in [0.05, 0.1) is 13.2 Å². The maximum absolute atomic E-state index is 12.1. The number of esters is 2. The molecule has 0 aromatic carbocycles. The first-order chi connectivity index (χ1) is 14.3.